The Bertz CT molecular complexity index is 2030. The molecule has 0 amide bonds. The highest BCUT2D eigenvalue weighted by atomic mass is 32.1. The molecule has 0 radical (unpaired) electrons. The summed E-state index contributed by atoms with van der Waals surface area (Å²) in [6, 6.07) is 27.1. The number of nitrogens with zero attached hydrogens (tertiary/aromatic N) is 2. The largest absolute Gasteiger partial charge is 0.497 e. The number of ketones is 1. The fourth-order valence-electron chi connectivity index (χ4n) is 5.69. The highest BCUT2D eigenvalue weighted by molar-refractivity contribution is 7.07. The molecule has 2 aromatic heterocycles. The number of hydrogen-bond acceptors (Lipinski definition) is 6. The molecule has 3 heterocycles. The molecule has 3 aromatic carbocycles. The van der Waals surface area contributed by atoms with Crippen LogP contribution in [0.3, 0.4) is 0 Å². The van der Waals surface area contributed by atoms with Crippen LogP contribution >= 0.6 is 11.3 Å². The number of aromatic nitrogens is 1. The van der Waals surface area contributed by atoms with Crippen LogP contribution in [0, 0.1) is 0 Å². The first-order valence-corrected chi connectivity index (χ1v) is 14.3. The molecule has 0 bridgehead atoms. The maximum atomic E-state index is 14.0. The van der Waals surface area contributed by atoms with Crippen molar-refractivity contribution in [2.75, 3.05) is 7.11 Å². The van der Waals surface area contributed by atoms with Crippen LogP contribution in [0.4, 0.5) is 0 Å². The van der Waals surface area contributed by atoms with E-state index in [2.05, 4.69) is 18.2 Å². The average Bonchev–Trinajstić information content (AvgIpc) is 3.60. The third-order valence-corrected chi connectivity index (χ3v) is 8.76. The van der Waals surface area contributed by atoms with Crippen LogP contribution in [-0.4, -0.2) is 17.5 Å². The molecule has 0 spiro atoms. The lowest BCUT2D eigenvalue weighted by atomic mass is 9.83. The van der Waals surface area contributed by atoms with Gasteiger partial charge in [-0.25, -0.2) is 4.99 Å². The Morgan fingerprint density at radius 1 is 1.00 bits per heavy atom. The molecular weight excluding hydrogens is 532 g/mol. The van der Waals surface area contributed by atoms with Gasteiger partial charge in [-0.1, -0.05) is 72.0 Å². The summed E-state index contributed by atoms with van der Waals surface area (Å²) in [4.78, 5) is 31.4. The predicted octanol–water partition coefficient (Wildman–Crippen LogP) is 5.79. The monoisotopic (exact) mass is 558 g/mol. The summed E-state index contributed by atoms with van der Waals surface area (Å²) >= 11 is 1.38. The number of hydrogen-bond donors (Lipinski definition) is 0. The lowest BCUT2D eigenvalue weighted by molar-refractivity contribution is 0.101. The number of furan rings is 1. The summed E-state index contributed by atoms with van der Waals surface area (Å²) in [5.41, 5.74) is 6.98. The van der Waals surface area contributed by atoms with Crippen molar-refractivity contribution >= 4 is 28.9 Å². The van der Waals surface area contributed by atoms with Crippen LogP contribution in [0.25, 0.3) is 23.1 Å². The highest BCUT2D eigenvalue weighted by Crippen LogP contribution is 2.41. The number of ether oxygens (including phenoxy) is 1. The van der Waals surface area contributed by atoms with Crippen LogP contribution in [-0.2, 0) is 6.42 Å². The predicted molar refractivity (Wildman–Crippen MR) is 160 cm³/mol. The Morgan fingerprint density at radius 2 is 1.78 bits per heavy atom. The van der Waals surface area contributed by atoms with Crippen molar-refractivity contribution in [1.82, 2.24) is 4.57 Å². The van der Waals surface area contributed by atoms with Crippen molar-refractivity contribution in [3.8, 4) is 17.1 Å². The number of allylic oxidation sites excluding steroid dienone is 1. The molecule has 2 aliphatic rings. The number of thiazole rings is 1. The van der Waals surface area contributed by atoms with Crippen molar-refractivity contribution in [2.24, 2.45) is 4.99 Å². The molecular formula is C34H26N2O4S. The molecule has 0 N–H and O–H groups in total. The first-order valence-electron chi connectivity index (χ1n) is 13.5. The standard InChI is InChI=1S/C34H26N2O4S/c1-20(37)21-7-9-23(10-8-21)29-18-16-26(40-29)19-30-33(38)36-32(24-11-14-25(39-2)15-12-24)28-17-13-22-5-3-4-6-27(22)31(28)35-34(36)41-30/h3-12,14-16,18-19,32H,13,17H2,1-2H3/b30-19-/t32-/m1/s1. The van der Waals surface area contributed by atoms with Gasteiger partial charge in [-0.3, -0.25) is 14.2 Å². The van der Waals surface area contributed by atoms with Gasteiger partial charge in [-0.05, 0) is 60.7 Å². The lowest BCUT2D eigenvalue weighted by Crippen LogP contribution is -2.38. The molecule has 0 unspecified atom stereocenters. The van der Waals surface area contributed by atoms with E-state index in [0.29, 0.717) is 26.4 Å². The lowest BCUT2D eigenvalue weighted by Gasteiger charge is -2.30. The molecule has 0 saturated carbocycles. The van der Waals surface area contributed by atoms with E-state index in [1.54, 1.807) is 32.2 Å². The summed E-state index contributed by atoms with van der Waals surface area (Å²) in [5.74, 6) is 2.04. The third-order valence-electron chi connectivity index (χ3n) is 7.78. The number of benzene rings is 3. The molecule has 5 aromatic rings. The van der Waals surface area contributed by atoms with Gasteiger partial charge in [0.25, 0.3) is 5.56 Å². The number of aryl methyl sites for hydroxylation is 1. The fourth-order valence-corrected chi connectivity index (χ4v) is 6.67. The molecule has 41 heavy (non-hydrogen) atoms. The first-order chi connectivity index (χ1) is 20.0. The van der Waals surface area contributed by atoms with Crippen molar-refractivity contribution in [3.05, 3.63) is 138 Å². The second-order valence-corrected chi connectivity index (χ2v) is 11.2. The van der Waals surface area contributed by atoms with E-state index in [-0.39, 0.29) is 17.4 Å². The van der Waals surface area contributed by atoms with E-state index in [4.69, 9.17) is 14.1 Å². The molecule has 7 rings (SSSR count). The van der Waals surface area contributed by atoms with Gasteiger partial charge >= 0.3 is 0 Å². The van der Waals surface area contributed by atoms with Gasteiger partial charge in [-0.2, -0.15) is 0 Å². The van der Waals surface area contributed by atoms with E-state index < -0.39 is 0 Å². The number of rotatable bonds is 5. The summed E-state index contributed by atoms with van der Waals surface area (Å²) < 4.78 is 13.9. The highest BCUT2D eigenvalue weighted by Gasteiger charge is 2.32. The fraction of sp³-hybridized carbons (Fsp3) is 0.147. The Morgan fingerprint density at radius 3 is 2.54 bits per heavy atom. The quantitative estimate of drug-likeness (QED) is 0.256. The van der Waals surface area contributed by atoms with Crippen LogP contribution < -0.4 is 19.6 Å². The minimum Gasteiger partial charge on any atom is -0.497 e. The van der Waals surface area contributed by atoms with Gasteiger partial charge < -0.3 is 9.15 Å². The van der Waals surface area contributed by atoms with Crippen molar-refractivity contribution in [2.45, 2.75) is 25.8 Å². The summed E-state index contributed by atoms with van der Waals surface area (Å²) in [5, 5.41) is 0. The van der Waals surface area contributed by atoms with Crippen LogP contribution in [0.2, 0.25) is 0 Å². The number of Topliss-reactive ketones (excluding diaryl/α,β-unsaturated/α-hetero) is 1. The van der Waals surface area contributed by atoms with E-state index in [0.717, 1.165) is 46.6 Å². The SMILES string of the molecule is COc1ccc([C@@H]2C3=C(N=c4s/c(=C\c5ccc(-c6ccc(C(C)=O)cc6)o5)c(=O)n42)c2ccccc2CC3)cc1. The number of fused-ring (bicyclic) bond motifs is 3. The van der Waals surface area contributed by atoms with Gasteiger partial charge in [-0.15, -0.1) is 0 Å². The first kappa shape index (κ1) is 25.2. The van der Waals surface area contributed by atoms with Gasteiger partial charge in [0.15, 0.2) is 10.6 Å². The number of carbonyl (C=O) groups excluding carboxylic acids is 1. The second-order valence-electron chi connectivity index (χ2n) is 10.2. The zero-order valence-corrected chi connectivity index (χ0v) is 23.4. The molecule has 0 saturated heterocycles. The summed E-state index contributed by atoms with van der Waals surface area (Å²) in [6.45, 7) is 1.55. The van der Waals surface area contributed by atoms with E-state index >= 15 is 0 Å². The Labute approximate surface area is 240 Å². The molecule has 202 valence electrons. The van der Waals surface area contributed by atoms with Gasteiger partial charge in [0.1, 0.15) is 17.3 Å². The minimum absolute atomic E-state index is 0.0187. The van der Waals surface area contributed by atoms with E-state index in [1.165, 1.54) is 16.9 Å². The molecule has 7 heteroatoms. The smallest absolute Gasteiger partial charge is 0.271 e. The zero-order chi connectivity index (χ0) is 28.1. The Kier molecular flexibility index (Phi) is 6.16. The third kappa shape index (κ3) is 4.39. The van der Waals surface area contributed by atoms with Gasteiger partial charge in [0, 0.05) is 22.8 Å². The normalized spacial score (nSPS) is 16.0. The van der Waals surface area contributed by atoms with Crippen molar-refractivity contribution in [3.63, 3.8) is 0 Å². The number of carbonyl (C=O) groups is 1. The average molecular weight is 559 g/mol. The molecule has 6 nitrogen and oxygen atoms in total. The van der Waals surface area contributed by atoms with E-state index in [9.17, 15) is 9.59 Å². The van der Waals surface area contributed by atoms with Gasteiger partial charge in [0.05, 0.1) is 23.4 Å². The topological polar surface area (TPSA) is 73.8 Å². The van der Waals surface area contributed by atoms with Crippen molar-refractivity contribution < 1.29 is 13.9 Å². The summed E-state index contributed by atoms with van der Waals surface area (Å²) in [7, 11) is 1.65. The molecule has 0 fully saturated rings. The van der Waals surface area contributed by atoms with Crippen LogP contribution in [0.1, 0.15) is 52.2 Å². The van der Waals surface area contributed by atoms with Crippen LogP contribution in [0.15, 0.2) is 105 Å². The Balaban J connectivity index is 1.35. The van der Waals surface area contributed by atoms with Crippen molar-refractivity contribution in [1.29, 1.82) is 0 Å². The van der Waals surface area contributed by atoms with Gasteiger partial charge in [0.2, 0.25) is 0 Å². The Hall–Kier alpha value is -4.75. The maximum Gasteiger partial charge on any atom is 0.271 e. The second kappa shape index (κ2) is 10.0. The van der Waals surface area contributed by atoms with Crippen LogP contribution in [0.5, 0.6) is 5.75 Å². The number of methoxy groups -OCH3 is 1. The summed E-state index contributed by atoms with van der Waals surface area (Å²) in [6.07, 6.45) is 3.53. The molecule has 1 aliphatic heterocycles. The molecule has 1 atom stereocenters. The molecule has 1 aliphatic carbocycles. The zero-order valence-electron chi connectivity index (χ0n) is 22.6. The minimum atomic E-state index is -0.255. The van der Waals surface area contributed by atoms with E-state index in [1.807, 2.05) is 59.2 Å². The maximum absolute atomic E-state index is 14.0.